The van der Waals surface area contributed by atoms with Gasteiger partial charge in [0.1, 0.15) is 22.2 Å². The van der Waals surface area contributed by atoms with Gasteiger partial charge in [0.15, 0.2) is 0 Å². The van der Waals surface area contributed by atoms with Crippen LogP contribution in [0.4, 0.5) is 20.4 Å². The molecule has 0 unspecified atom stereocenters. The van der Waals surface area contributed by atoms with E-state index in [2.05, 4.69) is 19.6 Å². The monoisotopic (exact) mass is 574 g/mol. The van der Waals surface area contributed by atoms with Crippen LogP contribution in [0.2, 0.25) is 0 Å². The van der Waals surface area contributed by atoms with Crippen molar-refractivity contribution in [3.63, 3.8) is 0 Å². The Bertz CT molecular complexity index is 1610. The maximum atomic E-state index is 14.2. The Morgan fingerprint density at radius 3 is 2.62 bits per heavy atom. The lowest BCUT2D eigenvalue weighted by Gasteiger charge is -2.26. The number of nitrogen functional groups attached to an aromatic ring is 1. The van der Waals surface area contributed by atoms with Crippen molar-refractivity contribution in [1.29, 1.82) is 0 Å². The normalized spacial score (nSPS) is 14.5. The van der Waals surface area contributed by atoms with Gasteiger partial charge in [-0.05, 0) is 48.9 Å². The molecule has 3 heterocycles. The average molecular weight is 575 g/mol. The molecule has 0 saturated carbocycles. The molecule has 2 aromatic carbocycles. The average Bonchev–Trinajstić information content (AvgIpc) is 3.23. The van der Waals surface area contributed by atoms with Gasteiger partial charge in [-0.1, -0.05) is 6.07 Å². The smallest absolute Gasteiger partial charge is 0.264 e. The topological polar surface area (TPSA) is 115 Å². The van der Waals surface area contributed by atoms with Gasteiger partial charge in [0.05, 0.1) is 18.1 Å². The van der Waals surface area contributed by atoms with E-state index < -0.39 is 26.6 Å². The Labute approximate surface area is 229 Å². The highest BCUT2D eigenvalue weighted by Gasteiger charge is 2.22. The molecule has 13 heteroatoms. The van der Waals surface area contributed by atoms with Gasteiger partial charge in [-0.25, -0.2) is 27.2 Å². The highest BCUT2D eigenvalue weighted by atomic mass is 32.2. The fourth-order valence-corrected chi connectivity index (χ4v) is 6.66. The molecule has 3 N–H and O–H groups in total. The number of halogens is 2. The first-order chi connectivity index (χ1) is 18.7. The number of nitrogens with zero attached hydrogens (tertiary/aromatic N) is 4. The number of pyridine rings is 1. The number of hydrogen-bond acceptors (Lipinski definition) is 8. The lowest BCUT2D eigenvalue weighted by atomic mass is 10.1. The number of methoxy groups -OCH3 is 1. The summed E-state index contributed by atoms with van der Waals surface area (Å²) in [6, 6.07) is 9.41. The van der Waals surface area contributed by atoms with Crippen molar-refractivity contribution in [3.05, 3.63) is 60.3 Å². The van der Waals surface area contributed by atoms with E-state index in [4.69, 9.17) is 10.5 Å². The van der Waals surface area contributed by atoms with E-state index in [1.807, 2.05) is 34.5 Å². The Morgan fingerprint density at radius 1 is 1.08 bits per heavy atom. The first-order valence-electron chi connectivity index (χ1n) is 12.3. The molecule has 0 bridgehead atoms. The van der Waals surface area contributed by atoms with Crippen LogP contribution in [0.15, 0.2) is 53.6 Å². The molecule has 0 atom stereocenters. The van der Waals surface area contributed by atoms with Gasteiger partial charge in [-0.2, -0.15) is 11.8 Å². The number of aromatic nitrogens is 3. The van der Waals surface area contributed by atoms with Crippen LogP contribution in [0.25, 0.3) is 22.2 Å². The summed E-state index contributed by atoms with van der Waals surface area (Å²) in [6.45, 7) is 3.89. The van der Waals surface area contributed by atoms with Crippen molar-refractivity contribution in [3.8, 4) is 17.0 Å². The van der Waals surface area contributed by atoms with Crippen LogP contribution >= 0.6 is 11.8 Å². The second kappa shape index (κ2) is 11.4. The predicted octanol–water partition coefficient (Wildman–Crippen LogP) is 4.21. The third-order valence-electron chi connectivity index (χ3n) is 6.54. The fourth-order valence-electron chi connectivity index (χ4n) is 4.57. The van der Waals surface area contributed by atoms with E-state index in [1.54, 1.807) is 12.3 Å². The highest BCUT2D eigenvalue weighted by molar-refractivity contribution is 7.99. The van der Waals surface area contributed by atoms with E-state index >= 15 is 0 Å². The molecule has 4 aromatic rings. The SMILES string of the molecule is COc1ncc(-c2ccc3nc(N)n(CCCN4CCSCC4)c3c2)cc1NS(=O)(=O)c1ccc(F)cc1F. The molecule has 1 aliphatic heterocycles. The summed E-state index contributed by atoms with van der Waals surface area (Å²) in [5.41, 5.74) is 9.19. The predicted molar refractivity (Wildman–Crippen MR) is 149 cm³/mol. The second-order valence-electron chi connectivity index (χ2n) is 9.09. The molecule has 5 rings (SSSR count). The molecular weight excluding hydrogens is 546 g/mol. The minimum absolute atomic E-state index is 0.00341. The third-order valence-corrected chi connectivity index (χ3v) is 8.88. The van der Waals surface area contributed by atoms with Crippen molar-refractivity contribution < 1.29 is 21.9 Å². The number of imidazole rings is 1. The number of thioether (sulfide) groups is 1. The molecule has 206 valence electrons. The van der Waals surface area contributed by atoms with Crippen LogP contribution in [-0.2, 0) is 16.6 Å². The second-order valence-corrected chi connectivity index (χ2v) is 12.0. The van der Waals surface area contributed by atoms with Crippen molar-refractivity contribution in [2.24, 2.45) is 0 Å². The molecule has 39 heavy (non-hydrogen) atoms. The lowest BCUT2D eigenvalue weighted by molar-refractivity contribution is 0.293. The zero-order chi connectivity index (χ0) is 27.6. The molecule has 1 saturated heterocycles. The Balaban J connectivity index is 1.42. The maximum absolute atomic E-state index is 14.2. The molecule has 0 radical (unpaired) electrons. The summed E-state index contributed by atoms with van der Waals surface area (Å²) < 4.78 is 62.9. The third kappa shape index (κ3) is 5.94. The molecule has 9 nitrogen and oxygen atoms in total. The number of nitrogens with one attached hydrogen (secondary N) is 1. The number of sulfonamides is 1. The van der Waals surface area contributed by atoms with Gasteiger partial charge >= 0.3 is 0 Å². The summed E-state index contributed by atoms with van der Waals surface area (Å²) in [5.74, 6) is 0.656. The zero-order valence-corrected chi connectivity index (χ0v) is 22.9. The Morgan fingerprint density at radius 2 is 1.87 bits per heavy atom. The van der Waals surface area contributed by atoms with Crippen LogP contribution in [0.1, 0.15) is 6.42 Å². The summed E-state index contributed by atoms with van der Waals surface area (Å²) in [7, 11) is -3.06. The van der Waals surface area contributed by atoms with Crippen LogP contribution in [-0.4, -0.2) is 66.1 Å². The van der Waals surface area contributed by atoms with E-state index in [9.17, 15) is 17.2 Å². The van der Waals surface area contributed by atoms with Gasteiger partial charge in [0.25, 0.3) is 10.0 Å². The molecule has 0 spiro atoms. The summed E-state index contributed by atoms with van der Waals surface area (Å²) in [4.78, 5) is 10.5. The number of aryl methyl sites for hydroxylation is 1. The molecular formula is C26H28F2N6O3S2. The summed E-state index contributed by atoms with van der Waals surface area (Å²) in [5, 5.41) is 0. The number of benzene rings is 2. The molecule has 0 aliphatic carbocycles. The molecule has 1 fully saturated rings. The minimum Gasteiger partial charge on any atom is -0.480 e. The van der Waals surface area contributed by atoms with Crippen molar-refractivity contribution in [2.45, 2.75) is 17.9 Å². The standard InChI is InChI=1S/C26H28F2N6O3S2/c1-37-25-22(32-39(35,36)24-6-4-19(27)15-20(24)28)13-18(16-30-25)17-3-5-21-23(14-17)34(26(29)31-21)8-2-7-33-9-11-38-12-10-33/h3-6,13-16,32H,2,7-12H2,1H3,(H2,29,31). The fraction of sp³-hybridized carbons (Fsp3) is 0.308. The van der Waals surface area contributed by atoms with Crippen LogP contribution < -0.4 is 15.2 Å². The summed E-state index contributed by atoms with van der Waals surface area (Å²) in [6.07, 6.45) is 2.48. The van der Waals surface area contributed by atoms with Crippen molar-refractivity contribution in [1.82, 2.24) is 19.4 Å². The molecule has 1 aliphatic rings. The van der Waals surface area contributed by atoms with Crippen LogP contribution in [0.5, 0.6) is 5.88 Å². The van der Waals surface area contributed by atoms with E-state index in [0.29, 0.717) is 24.1 Å². The number of nitrogens with two attached hydrogens (primary N) is 1. The van der Waals surface area contributed by atoms with E-state index in [0.717, 1.165) is 66.3 Å². The first-order valence-corrected chi connectivity index (χ1v) is 15.0. The number of fused-ring (bicyclic) bond motifs is 1. The van der Waals surface area contributed by atoms with Crippen LogP contribution in [0, 0.1) is 11.6 Å². The minimum atomic E-state index is -4.40. The molecule has 2 aromatic heterocycles. The number of anilines is 2. The number of rotatable bonds is 9. The highest BCUT2D eigenvalue weighted by Crippen LogP contribution is 2.32. The maximum Gasteiger partial charge on any atom is 0.264 e. The lowest BCUT2D eigenvalue weighted by Crippen LogP contribution is -2.33. The number of ether oxygens (including phenoxy) is 1. The van der Waals surface area contributed by atoms with E-state index in [1.165, 1.54) is 7.11 Å². The van der Waals surface area contributed by atoms with E-state index in [-0.39, 0.29) is 11.6 Å². The Hall–Kier alpha value is -3.42. The van der Waals surface area contributed by atoms with Gasteiger partial charge in [0, 0.05) is 49.0 Å². The van der Waals surface area contributed by atoms with Gasteiger partial charge in [-0.3, -0.25) is 4.72 Å². The van der Waals surface area contributed by atoms with Crippen molar-refractivity contribution >= 4 is 44.5 Å². The van der Waals surface area contributed by atoms with Gasteiger partial charge in [0.2, 0.25) is 11.8 Å². The van der Waals surface area contributed by atoms with Crippen LogP contribution in [0.3, 0.4) is 0 Å². The molecule has 0 amide bonds. The first kappa shape index (κ1) is 27.2. The largest absolute Gasteiger partial charge is 0.480 e. The zero-order valence-electron chi connectivity index (χ0n) is 21.2. The Kier molecular flexibility index (Phi) is 7.91. The quantitative estimate of drug-likeness (QED) is 0.306. The summed E-state index contributed by atoms with van der Waals surface area (Å²) >= 11 is 1.98. The van der Waals surface area contributed by atoms with Crippen molar-refractivity contribution in [2.75, 3.05) is 48.7 Å². The van der Waals surface area contributed by atoms with Gasteiger partial charge < -0.3 is 19.9 Å². The van der Waals surface area contributed by atoms with Gasteiger partial charge in [-0.15, -0.1) is 0 Å². The number of hydrogen-bond donors (Lipinski definition) is 2.